The molecule has 20 heavy (non-hydrogen) atoms. The highest BCUT2D eigenvalue weighted by molar-refractivity contribution is 5.93. The second-order valence-electron chi connectivity index (χ2n) is 4.82. The Morgan fingerprint density at radius 1 is 1.20 bits per heavy atom. The lowest BCUT2D eigenvalue weighted by molar-refractivity contribution is 0.620. The summed E-state index contributed by atoms with van der Waals surface area (Å²) in [7, 11) is 0. The minimum absolute atomic E-state index is 0.395. The van der Waals surface area contributed by atoms with Crippen LogP contribution in [0.15, 0.2) is 46.9 Å². The second-order valence-corrected chi connectivity index (χ2v) is 4.82. The van der Waals surface area contributed by atoms with Gasteiger partial charge in [0.1, 0.15) is 5.52 Å². The molecule has 4 nitrogen and oxygen atoms in total. The number of benzene rings is 2. The first-order chi connectivity index (χ1) is 9.61. The topological polar surface area (TPSA) is 61.9 Å². The van der Waals surface area contributed by atoms with Crippen molar-refractivity contribution in [2.24, 2.45) is 0 Å². The van der Waals surface area contributed by atoms with Crippen LogP contribution in [0.4, 0.5) is 5.69 Å². The first-order valence-corrected chi connectivity index (χ1v) is 6.41. The van der Waals surface area contributed by atoms with Crippen LogP contribution in [0.1, 0.15) is 12.5 Å². The molecule has 0 saturated carbocycles. The van der Waals surface area contributed by atoms with Crippen molar-refractivity contribution < 1.29 is 4.42 Å². The smallest absolute Gasteiger partial charge is 0.227 e. The predicted molar refractivity (Wildman–Crippen MR) is 81.2 cm³/mol. The van der Waals surface area contributed by atoms with Crippen molar-refractivity contribution in [2.75, 3.05) is 5.32 Å². The molecule has 0 saturated heterocycles. The molecule has 0 aliphatic carbocycles. The predicted octanol–water partition coefficient (Wildman–Crippen LogP) is 4.21. The van der Waals surface area contributed by atoms with Gasteiger partial charge in [0.25, 0.3) is 0 Å². The van der Waals surface area contributed by atoms with E-state index in [9.17, 15) is 0 Å². The van der Waals surface area contributed by atoms with E-state index in [1.165, 1.54) is 5.56 Å². The molecule has 4 heteroatoms. The van der Waals surface area contributed by atoms with Crippen molar-refractivity contribution in [2.45, 2.75) is 13.8 Å². The van der Waals surface area contributed by atoms with Gasteiger partial charge in [0.05, 0.1) is 5.84 Å². The van der Waals surface area contributed by atoms with Gasteiger partial charge in [0.15, 0.2) is 5.58 Å². The number of oxazole rings is 1. The van der Waals surface area contributed by atoms with Crippen LogP contribution in [-0.2, 0) is 0 Å². The number of hydrogen-bond donors (Lipinski definition) is 2. The third-order valence-corrected chi connectivity index (χ3v) is 2.98. The van der Waals surface area contributed by atoms with E-state index in [0.29, 0.717) is 11.7 Å². The number of nitrogens with one attached hydrogen (secondary N) is 2. The Bertz CT molecular complexity index is 789. The first-order valence-electron chi connectivity index (χ1n) is 6.41. The Kier molecular flexibility index (Phi) is 2.99. The van der Waals surface area contributed by atoms with Gasteiger partial charge in [-0.25, -0.2) is 4.98 Å². The van der Waals surface area contributed by atoms with E-state index in [4.69, 9.17) is 9.83 Å². The maximum atomic E-state index is 7.45. The molecule has 3 aromatic rings. The third-order valence-electron chi connectivity index (χ3n) is 2.98. The highest BCUT2D eigenvalue weighted by atomic mass is 16.3. The molecule has 0 fully saturated rings. The summed E-state index contributed by atoms with van der Waals surface area (Å²) in [5, 5.41) is 10.4. The number of nitrogens with zero attached hydrogens (tertiary/aromatic N) is 1. The number of rotatable bonds is 2. The van der Waals surface area contributed by atoms with Crippen LogP contribution in [0.25, 0.3) is 22.6 Å². The summed E-state index contributed by atoms with van der Waals surface area (Å²) in [6.07, 6.45) is 0. The van der Waals surface area contributed by atoms with E-state index in [2.05, 4.69) is 10.3 Å². The average molecular weight is 265 g/mol. The molecule has 0 bridgehead atoms. The zero-order valence-electron chi connectivity index (χ0n) is 11.4. The molecule has 0 amide bonds. The number of fused-ring (bicyclic) bond motifs is 1. The van der Waals surface area contributed by atoms with Gasteiger partial charge in [-0.15, -0.1) is 0 Å². The van der Waals surface area contributed by atoms with Crippen molar-refractivity contribution >= 4 is 22.6 Å². The molecule has 0 radical (unpaired) electrons. The van der Waals surface area contributed by atoms with Gasteiger partial charge in [-0.05, 0) is 44.2 Å². The van der Waals surface area contributed by atoms with Crippen molar-refractivity contribution in [3.8, 4) is 11.5 Å². The van der Waals surface area contributed by atoms with E-state index in [0.717, 1.165) is 22.4 Å². The molecule has 1 heterocycles. The summed E-state index contributed by atoms with van der Waals surface area (Å²) in [4.78, 5) is 4.51. The van der Waals surface area contributed by atoms with Crippen molar-refractivity contribution in [1.82, 2.24) is 4.98 Å². The van der Waals surface area contributed by atoms with E-state index in [-0.39, 0.29) is 0 Å². The van der Waals surface area contributed by atoms with Gasteiger partial charge >= 0.3 is 0 Å². The summed E-state index contributed by atoms with van der Waals surface area (Å²) in [5.74, 6) is 1.01. The summed E-state index contributed by atoms with van der Waals surface area (Å²) >= 11 is 0. The largest absolute Gasteiger partial charge is 0.436 e. The van der Waals surface area contributed by atoms with Crippen LogP contribution >= 0.6 is 0 Å². The fourth-order valence-corrected chi connectivity index (χ4v) is 2.12. The van der Waals surface area contributed by atoms with Crippen molar-refractivity contribution in [3.05, 3.63) is 48.0 Å². The van der Waals surface area contributed by atoms with Crippen LogP contribution in [-0.4, -0.2) is 10.8 Å². The summed E-state index contributed by atoms with van der Waals surface area (Å²) in [5.41, 5.74) is 4.52. The number of amidine groups is 1. The van der Waals surface area contributed by atoms with E-state index < -0.39 is 0 Å². The minimum Gasteiger partial charge on any atom is -0.436 e. The van der Waals surface area contributed by atoms with Crippen LogP contribution < -0.4 is 5.32 Å². The lowest BCUT2D eigenvalue weighted by Crippen LogP contribution is -2.04. The van der Waals surface area contributed by atoms with Crippen molar-refractivity contribution in [1.29, 1.82) is 5.41 Å². The van der Waals surface area contributed by atoms with Gasteiger partial charge in [-0.3, -0.25) is 5.41 Å². The molecule has 100 valence electrons. The maximum absolute atomic E-state index is 7.45. The van der Waals surface area contributed by atoms with Crippen molar-refractivity contribution in [3.63, 3.8) is 0 Å². The zero-order chi connectivity index (χ0) is 14.1. The minimum atomic E-state index is 0.395. The SMILES string of the molecule is CC(=N)Nc1ccc2oc(-c3cccc(C)c3)nc2c1. The number of anilines is 1. The van der Waals surface area contributed by atoms with E-state index in [1.54, 1.807) is 6.92 Å². The quantitative estimate of drug-likeness (QED) is 0.539. The molecule has 0 aliphatic heterocycles. The van der Waals surface area contributed by atoms with E-state index >= 15 is 0 Å². The maximum Gasteiger partial charge on any atom is 0.227 e. The fraction of sp³-hybridized carbons (Fsp3) is 0.125. The molecule has 0 spiro atoms. The van der Waals surface area contributed by atoms with E-state index in [1.807, 2.05) is 49.4 Å². The lowest BCUT2D eigenvalue weighted by atomic mass is 10.1. The number of aromatic nitrogens is 1. The Morgan fingerprint density at radius 2 is 2.05 bits per heavy atom. The molecule has 0 atom stereocenters. The number of hydrogen-bond acceptors (Lipinski definition) is 3. The molecular formula is C16H15N3O. The molecule has 2 aromatic carbocycles. The highest BCUT2D eigenvalue weighted by Gasteiger charge is 2.09. The Morgan fingerprint density at radius 3 is 2.80 bits per heavy atom. The van der Waals surface area contributed by atoms with Crippen LogP contribution in [0.5, 0.6) is 0 Å². The Hall–Kier alpha value is -2.62. The average Bonchev–Trinajstić information content (AvgIpc) is 2.81. The summed E-state index contributed by atoms with van der Waals surface area (Å²) in [6, 6.07) is 13.7. The Balaban J connectivity index is 2.04. The van der Waals surface area contributed by atoms with Gasteiger partial charge in [0, 0.05) is 11.3 Å². The molecule has 0 unspecified atom stereocenters. The molecule has 0 aliphatic rings. The normalized spacial score (nSPS) is 10.7. The summed E-state index contributed by atoms with van der Waals surface area (Å²) in [6.45, 7) is 3.74. The summed E-state index contributed by atoms with van der Waals surface area (Å²) < 4.78 is 5.78. The van der Waals surface area contributed by atoms with Crippen LogP contribution in [0.3, 0.4) is 0 Å². The number of aryl methyl sites for hydroxylation is 1. The Labute approximate surface area is 117 Å². The lowest BCUT2D eigenvalue weighted by Gasteiger charge is -2.01. The molecule has 2 N–H and O–H groups in total. The monoisotopic (exact) mass is 265 g/mol. The van der Waals surface area contributed by atoms with Gasteiger partial charge in [-0.2, -0.15) is 0 Å². The zero-order valence-corrected chi connectivity index (χ0v) is 11.4. The molecular weight excluding hydrogens is 250 g/mol. The standard InChI is InChI=1S/C16H15N3O/c1-10-4-3-5-12(8-10)16-19-14-9-13(18-11(2)17)6-7-15(14)20-16/h3-9H,1-2H3,(H2,17,18). The van der Waals surface area contributed by atoms with Gasteiger partial charge < -0.3 is 9.73 Å². The van der Waals surface area contributed by atoms with Crippen LogP contribution in [0, 0.1) is 12.3 Å². The second kappa shape index (κ2) is 4.81. The molecule has 3 rings (SSSR count). The van der Waals surface area contributed by atoms with Crippen LogP contribution in [0.2, 0.25) is 0 Å². The third kappa shape index (κ3) is 2.40. The molecule has 1 aromatic heterocycles. The van der Waals surface area contributed by atoms with Gasteiger partial charge in [0.2, 0.25) is 5.89 Å². The fourth-order valence-electron chi connectivity index (χ4n) is 2.12. The van der Waals surface area contributed by atoms with Gasteiger partial charge in [-0.1, -0.05) is 17.7 Å². The highest BCUT2D eigenvalue weighted by Crippen LogP contribution is 2.26. The first kappa shape index (κ1) is 12.4.